The molecule has 2 N–H and O–H groups in total. The van der Waals surface area contributed by atoms with Gasteiger partial charge in [0.25, 0.3) is 10.2 Å². The van der Waals surface area contributed by atoms with Gasteiger partial charge < -0.3 is 10.4 Å². The van der Waals surface area contributed by atoms with E-state index in [1.807, 2.05) is 0 Å². The summed E-state index contributed by atoms with van der Waals surface area (Å²) in [6, 6.07) is 0. The van der Waals surface area contributed by atoms with Crippen LogP contribution in [-0.2, 0) is 10.2 Å². The van der Waals surface area contributed by atoms with E-state index in [4.69, 9.17) is 0 Å². The number of piperazine rings is 1. The van der Waals surface area contributed by atoms with Crippen LogP contribution in [0.3, 0.4) is 0 Å². The number of nitrogens with zero attached hydrogens (tertiary/aromatic N) is 2. The van der Waals surface area contributed by atoms with Gasteiger partial charge in [-0.25, -0.2) is 0 Å². The molecule has 0 aromatic heterocycles. The summed E-state index contributed by atoms with van der Waals surface area (Å²) >= 11 is 0. The van der Waals surface area contributed by atoms with E-state index in [2.05, 4.69) is 5.32 Å². The topological polar surface area (TPSA) is 72.9 Å². The molecule has 0 saturated carbocycles. The van der Waals surface area contributed by atoms with Crippen LogP contribution in [0.5, 0.6) is 0 Å². The standard InChI is InChI=1S/C8H17N3O3S/c12-8-1-4-11(7-8)15(13,14)10-5-2-9-3-6-10/h8-9,12H,1-7H2/t8-/m1/s1. The van der Waals surface area contributed by atoms with Crippen LogP contribution >= 0.6 is 0 Å². The second kappa shape index (κ2) is 4.34. The van der Waals surface area contributed by atoms with Crippen molar-refractivity contribution < 1.29 is 13.5 Å². The Bertz CT molecular complexity index is 302. The van der Waals surface area contributed by atoms with Gasteiger partial charge in [0.1, 0.15) is 0 Å². The van der Waals surface area contributed by atoms with Crippen LogP contribution in [-0.4, -0.2) is 67.5 Å². The highest BCUT2D eigenvalue weighted by molar-refractivity contribution is 7.86. The fourth-order valence-electron chi connectivity index (χ4n) is 1.96. The normalized spacial score (nSPS) is 30.9. The van der Waals surface area contributed by atoms with E-state index in [1.165, 1.54) is 8.61 Å². The Kier molecular flexibility index (Phi) is 3.27. The van der Waals surface area contributed by atoms with E-state index in [1.54, 1.807) is 0 Å². The van der Waals surface area contributed by atoms with E-state index >= 15 is 0 Å². The molecule has 2 rings (SSSR count). The molecule has 15 heavy (non-hydrogen) atoms. The van der Waals surface area contributed by atoms with Gasteiger partial charge in [0.15, 0.2) is 0 Å². The fraction of sp³-hybridized carbons (Fsp3) is 1.00. The molecule has 1 atom stereocenters. The molecule has 0 bridgehead atoms. The number of β-amino-alcohol motifs (C(OH)–C–C–N with tert-alkyl or cyclic N) is 1. The van der Waals surface area contributed by atoms with Crippen molar-refractivity contribution in [3.8, 4) is 0 Å². The molecule has 88 valence electrons. The molecule has 0 spiro atoms. The third-order valence-corrected chi connectivity index (χ3v) is 4.86. The Labute approximate surface area is 90.0 Å². The molecule has 0 amide bonds. The first kappa shape index (κ1) is 11.3. The zero-order chi connectivity index (χ0) is 10.9. The molecule has 0 radical (unpaired) electrons. The minimum absolute atomic E-state index is 0.242. The smallest absolute Gasteiger partial charge is 0.282 e. The Morgan fingerprint density at radius 3 is 2.33 bits per heavy atom. The third-order valence-electron chi connectivity index (χ3n) is 2.85. The van der Waals surface area contributed by atoms with Gasteiger partial charge in [-0.3, -0.25) is 0 Å². The molecule has 2 saturated heterocycles. The number of hydrogen-bond acceptors (Lipinski definition) is 4. The van der Waals surface area contributed by atoms with Gasteiger partial charge in [0.05, 0.1) is 6.10 Å². The average molecular weight is 235 g/mol. The van der Waals surface area contributed by atoms with Crippen molar-refractivity contribution in [2.24, 2.45) is 0 Å². The van der Waals surface area contributed by atoms with E-state index in [9.17, 15) is 13.5 Å². The second-order valence-corrected chi connectivity index (χ2v) is 5.89. The SMILES string of the molecule is O=S(=O)(N1CCNCC1)N1CC[C@@H](O)C1. The Balaban J connectivity index is 2.05. The maximum atomic E-state index is 12.0. The van der Waals surface area contributed by atoms with Crippen LogP contribution in [0.2, 0.25) is 0 Å². The van der Waals surface area contributed by atoms with Crippen LogP contribution in [0, 0.1) is 0 Å². The zero-order valence-corrected chi connectivity index (χ0v) is 9.41. The molecule has 0 aromatic rings. The number of aliphatic hydroxyl groups is 1. The second-order valence-electron chi connectivity index (χ2n) is 3.96. The highest BCUT2D eigenvalue weighted by Crippen LogP contribution is 2.17. The summed E-state index contributed by atoms with van der Waals surface area (Å²) in [6.07, 6.45) is 0.0494. The van der Waals surface area contributed by atoms with Crippen LogP contribution in [0.4, 0.5) is 0 Å². The van der Waals surface area contributed by atoms with Crippen molar-refractivity contribution in [3.63, 3.8) is 0 Å². The van der Waals surface area contributed by atoms with Gasteiger partial charge in [-0.05, 0) is 6.42 Å². The largest absolute Gasteiger partial charge is 0.392 e. The molecule has 0 aromatic carbocycles. The lowest BCUT2D eigenvalue weighted by molar-refractivity contribution is 0.187. The minimum atomic E-state index is -3.33. The van der Waals surface area contributed by atoms with Crippen molar-refractivity contribution in [1.82, 2.24) is 13.9 Å². The first-order valence-corrected chi connectivity index (χ1v) is 6.64. The average Bonchev–Trinajstić information content (AvgIpc) is 2.67. The van der Waals surface area contributed by atoms with Crippen molar-refractivity contribution in [3.05, 3.63) is 0 Å². The van der Waals surface area contributed by atoms with Crippen LogP contribution in [0.25, 0.3) is 0 Å². The lowest BCUT2D eigenvalue weighted by atomic mass is 10.3. The summed E-state index contributed by atoms with van der Waals surface area (Å²) in [5.41, 5.74) is 0. The van der Waals surface area contributed by atoms with Crippen molar-refractivity contribution >= 4 is 10.2 Å². The van der Waals surface area contributed by atoms with Gasteiger partial charge >= 0.3 is 0 Å². The molecule has 2 aliphatic heterocycles. The summed E-state index contributed by atoms with van der Waals surface area (Å²) in [5.74, 6) is 0. The summed E-state index contributed by atoms with van der Waals surface area (Å²) in [5, 5.41) is 12.4. The van der Waals surface area contributed by atoms with Crippen molar-refractivity contribution in [2.45, 2.75) is 12.5 Å². The predicted molar refractivity (Wildman–Crippen MR) is 55.6 cm³/mol. The number of hydrogen-bond donors (Lipinski definition) is 2. The molecular formula is C8H17N3O3S. The first-order chi connectivity index (χ1) is 7.10. The lowest BCUT2D eigenvalue weighted by Crippen LogP contribution is -2.51. The molecule has 0 unspecified atom stereocenters. The Hall–Kier alpha value is -0.210. The lowest BCUT2D eigenvalue weighted by Gasteiger charge is -2.30. The van der Waals surface area contributed by atoms with Crippen LogP contribution in [0.15, 0.2) is 0 Å². The molecule has 0 aliphatic carbocycles. The van der Waals surface area contributed by atoms with Crippen LogP contribution in [0.1, 0.15) is 6.42 Å². The highest BCUT2D eigenvalue weighted by Gasteiger charge is 2.35. The number of rotatable bonds is 2. The first-order valence-electron chi connectivity index (χ1n) is 5.25. The van der Waals surface area contributed by atoms with E-state index in [-0.39, 0.29) is 6.54 Å². The van der Waals surface area contributed by atoms with Gasteiger partial charge in [0, 0.05) is 39.3 Å². The van der Waals surface area contributed by atoms with Crippen molar-refractivity contribution in [1.29, 1.82) is 0 Å². The van der Waals surface area contributed by atoms with E-state index in [0.717, 1.165) is 0 Å². The quantitative estimate of drug-likeness (QED) is 0.592. The van der Waals surface area contributed by atoms with Gasteiger partial charge in [-0.15, -0.1) is 0 Å². The zero-order valence-electron chi connectivity index (χ0n) is 8.59. The maximum absolute atomic E-state index is 12.0. The molecule has 2 fully saturated rings. The highest BCUT2D eigenvalue weighted by atomic mass is 32.2. The van der Waals surface area contributed by atoms with Gasteiger partial charge in [0.2, 0.25) is 0 Å². The summed E-state index contributed by atoms with van der Waals surface area (Å²) < 4.78 is 27.0. The van der Waals surface area contributed by atoms with Crippen molar-refractivity contribution in [2.75, 3.05) is 39.3 Å². The molecule has 6 nitrogen and oxygen atoms in total. The maximum Gasteiger partial charge on any atom is 0.282 e. The third kappa shape index (κ3) is 2.31. The summed E-state index contributed by atoms with van der Waals surface area (Å²) in [6.45, 7) is 3.13. The number of nitrogens with one attached hydrogen (secondary N) is 1. The monoisotopic (exact) mass is 235 g/mol. The van der Waals surface area contributed by atoms with Gasteiger partial charge in [-0.1, -0.05) is 0 Å². The molecular weight excluding hydrogens is 218 g/mol. The fourth-order valence-corrected chi connectivity index (χ4v) is 3.63. The minimum Gasteiger partial charge on any atom is -0.392 e. The van der Waals surface area contributed by atoms with Crippen LogP contribution < -0.4 is 5.32 Å². The summed E-state index contributed by atoms with van der Waals surface area (Å²) in [4.78, 5) is 0. The Morgan fingerprint density at radius 1 is 1.13 bits per heavy atom. The molecule has 2 aliphatic rings. The van der Waals surface area contributed by atoms with E-state index in [0.29, 0.717) is 39.1 Å². The Morgan fingerprint density at radius 2 is 1.80 bits per heavy atom. The predicted octanol–water partition coefficient (Wildman–Crippen LogP) is -1.80. The molecule has 7 heteroatoms. The molecule has 2 heterocycles. The number of aliphatic hydroxyl groups excluding tert-OH is 1. The van der Waals surface area contributed by atoms with Gasteiger partial charge in [-0.2, -0.15) is 17.0 Å². The summed E-state index contributed by atoms with van der Waals surface area (Å²) in [7, 11) is -3.33. The van der Waals surface area contributed by atoms with E-state index < -0.39 is 16.3 Å².